The van der Waals surface area contributed by atoms with Gasteiger partial charge in [-0.2, -0.15) is 0 Å². The molecule has 0 aromatic rings. The van der Waals surface area contributed by atoms with Gasteiger partial charge >= 0.3 is 5.97 Å². The molecular weight excluding hydrogens is 278 g/mol. The van der Waals surface area contributed by atoms with E-state index in [0.29, 0.717) is 13.0 Å². The number of amides is 2. The van der Waals surface area contributed by atoms with Crippen LogP contribution in [0.25, 0.3) is 0 Å². The van der Waals surface area contributed by atoms with Crippen LogP contribution in [0.15, 0.2) is 0 Å². The van der Waals surface area contributed by atoms with Crippen molar-refractivity contribution in [2.24, 2.45) is 22.8 Å². The summed E-state index contributed by atoms with van der Waals surface area (Å²) in [6, 6.07) is -1.37. The number of hydrogen-bond acceptors (Lipinski definition) is 5. The molecule has 118 valence electrons. The lowest BCUT2D eigenvalue weighted by molar-refractivity contribution is -0.177. The standard InChI is InChI=1S/C13H21N3O5/c1-12(2)9-6(3-4-21-9)13(12,15)11(20)16-7(10(18)19)5-8(14)17/h6-7,9H,3-5,15H2,1-2H3,(H2,14,17)(H,16,20)(H,18,19)/t6?,7-,9?,13?/m0/s1. The summed E-state index contributed by atoms with van der Waals surface area (Å²) in [4.78, 5) is 34.5. The van der Waals surface area contributed by atoms with Crippen molar-refractivity contribution >= 4 is 17.8 Å². The lowest BCUT2D eigenvalue weighted by atomic mass is 9.48. The first-order valence-electron chi connectivity index (χ1n) is 6.85. The SMILES string of the molecule is CC1(C)C2OCCC2C1(N)C(=O)N[C@@H](CC(N)=O)C(=O)O. The molecule has 0 aromatic heterocycles. The van der Waals surface area contributed by atoms with Crippen molar-refractivity contribution in [3.05, 3.63) is 0 Å². The predicted molar refractivity (Wildman–Crippen MR) is 71.9 cm³/mol. The molecule has 0 spiro atoms. The molecule has 8 nitrogen and oxygen atoms in total. The van der Waals surface area contributed by atoms with Gasteiger partial charge in [-0.05, 0) is 6.42 Å². The van der Waals surface area contributed by atoms with Gasteiger partial charge in [0.2, 0.25) is 11.8 Å². The Morgan fingerprint density at radius 1 is 1.43 bits per heavy atom. The molecule has 8 heteroatoms. The van der Waals surface area contributed by atoms with Crippen molar-refractivity contribution < 1.29 is 24.2 Å². The summed E-state index contributed by atoms with van der Waals surface area (Å²) < 4.78 is 5.58. The highest BCUT2D eigenvalue weighted by Crippen LogP contribution is 2.58. The molecule has 0 bridgehead atoms. The van der Waals surface area contributed by atoms with E-state index < -0.39 is 41.2 Å². The molecule has 2 rings (SSSR count). The minimum Gasteiger partial charge on any atom is -0.480 e. The number of carboxylic acid groups (broad SMARTS) is 1. The molecule has 0 radical (unpaired) electrons. The van der Waals surface area contributed by atoms with Gasteiger partial charge in [0.05, 0.1) is 12.5 Å². The van der Waals surface area contributed by atoms with Crippen LogP contribution < -0.4 is 16.8 Å². The van der Waals surface area contributed by atoms with E-state index in [1.54, 1.807) is 0 Å². The van der Waals surface area contributed by atoms with Gasteiger partial charge in [-0.1, -0.05) is 13.8 Å². The Bertz CT molecular complexity index is 492. The van der Waals surface area contributed by atoms with E-state index in [0.717, 1.165) is 0 Å². The Kier molecular flexibility index (Phi) is 3.71. The zero-order valence-corrected chi connectivity index (χ0v) is 12.1. The summed E-state index contributed by atoms with van der Waals surface area (Å²) in [6.07, 6.45) is 0.0842. The lowest BCUT2D eigenvalue weighted by Gasteiger charge is -2.60. The Hall–Kier alpha value is -1.67. The molecule has 0 aromatic carbocycles. The van der Waals surface area contributed by atoms with Crippen molar-refractivity contribution in [1.29, 1.82) is 0 Å². The average molecular weight is 299 g/mol. The normalized spacial score (nSPS) is 34.4. The topological polar surface area (TPSA) is 145 Å². The summed E-state index contributed by atoms with van der Waals surface area (Å²) in [6.45, 7) is 4.18. The highest BCUT2D eigenvalue weighted by atomic mass is 16.5. The number of carbonyl (C=O) groups excluding carboxylic acids is 2. The number of nitrogens with two attached hydrogens (primary N) is 2. The number of carboxylic acids is 1. The molecule has 3 unspecified atom stereocenters. The Morgan fingerprint density at radius 2 is 2.05 bits per heavy atom. The van der Waals surface area contributed by atoms with Crippen molar-refractivity contribution in [2.45, 2.75) is 44.4 Å². The van der Waals surface area contributed by atoms with Gasteiger partial charge in [0.15, 0.2) is 0 Å². The van der Waals surface area contributed by atoms with E-state index in [2.05, 4.69) is 5.32 Å². The van der Waals surface area contributed by atoms with Crippen LogP contribution in [-0.4, -0.2) is 47.2 Å². The van der Waals surface area contributed by atoms with Crippen LogP contribution >= 0.6 is 0 Å². The number of fused-ring (bicyclic) bond motifs is 1. The highest BCUT2D eigenvalue weighted by molar-refractivity contribution is 5.94. The predicted octanol–water partition coefficient (Wildman–Crippen LogP) is -1.43. The van der Waals surface area contributed by atoms with Gasteiger partial charge in [-0.15, -0.1) is 0 Å². The maximum atomic E-state index is 12.5. The summed E-state index contributed by atoms with van der Waals surface area (Å²) in [5, 5.41) is 11.4. The van der Waals surface area contributed by atoms with E-state index in [9.17, 15) is 14.4 Å². The molecule has 6 N–H and O–H groups in total. The molecule has 2 aliphatic rings. The maximum Gasteiger partial charge on any atom is 0.326 e. The Balaban J connectivity index is 2.15. The van der Waals surface area contributed by atoms with Crippen LogP contribution in [0.4, 0.5) is 0 Å². The van der Waals surface area contributed by atoms with Crippen LogP contribution in [0, 0.1) is 11.3 Å². The number of carbonyl (C=O) groups is 3. The third-order valence-electron chi connectivity index (χ3n) is 4.84. The second kappa shape index (κ2) is 4.96. The molecule has 1 heterocycles. The molecule has 1 aliphatic heterocycles. The van der Waals surface area contributed by atoms with Crippen LogP contribution in [0.5, 0.6) is 0 Å². The average Bonchev–Trinajstić information content (AvgIpc) is 2.84. The first-order chi connectivity index (χ1) is 9.62. The van der Waals surface area contributed by atoms with Gasteiger partial charge in [-0.3, -0.25) is 9.59 Å². The summed E-state index contributed by atoms with van der Waals surface area (Å²) >= 11 is 0. The van der Waals surface area contributed by atoms with Gasteiger partial charge in [0.25, 0.3) is 0 Å². The smallest absolute Gasteiger partial charge is 0.326 e. The van der Waals surface area contributed by atoms with Gasteiger partial charge in [0.1, 0.15) is 11.6 Å². The number of rotatable bonds is 5. The molecule has 4 atom stereocenters. The molecule has 1 aliphatic carbocycles. The van der Waals surface area contributed by atoms with E-state index in [1.165, 1.54) is 0 Å². The second-order valence-corrected chi connectivity index (χ2v) is 6.31. The zero-order chi connectivity index (χ0) is 16.0. The number of ether oxygens (including phenoxy) is 1. The Labute approximate surface area is 122 Å². The van der Waals surface area contributed by atoms with Crippen LogP contribution in [0.2, 0.25) is 0 Å². The van der Waals surface area contributed by atoms with Crippen LogP contribution in [0.3, 0.4) is 0 Å². The molecule has 21 heavy (non-hydrogen) atoms. The largest absolute Gasteiger partial charge is 0.480 e. The minimum atomic E-state index is -1.37. The second-order valence-electron chi connectivity index (χ2n) is 6.31. The lowest BCUT2D eigenvalue weighted by Crippen LogP contribution is -2.80. The van der Waals surface area contributed by atoms with Gasteiger partial charge in [-0.25, -0.2) is 4.79 Å². The van der Waals surface area contributed by atoms with Crippen molar-refractivity contribution in [3.8, 4) is 0 Å². The zero-order valence-electron chi connectivity index (χ0n) is 12.1. The monoisotopic (exact) mass is 299 g/mol. The fraction of sp³-hybridized carbons (Fsp3) is 0.769. The summed E-state index contributed by atoms with van der Waals surface area (Å²) in [5.74, 6) is -2.84. The fourth-order valence-corrected chi connectivity index (χ4v) is 3.52. The summed E-state index contributed by atoms with van der Waals surface area (Å²) in [7, 11) is 0. The third kappa shape index (κ3) is 2.18. The quantitative estimate of drug-likeness (QED) is 0.490. The first kappa shape index (κ1) is 15.7. The van der Waals surface area contributed by atoms with E-state index in [1.807, 2.05) is 13.8 Å². The van der Waals surface area contributed by atoms with Gasteiger partial charge < -0.3 is 26.6 Å². The number of primary amides is 1. The molecule has 1 saturated carbocycles. The van der Waals surface area contributed by atoms with Crippen LogP contribution in [-0.2, 0) is 19.1 Å². The van der Waals surface area contributed by atoms with E-state index in [4.69, 9.17) is 21.3 Å². The molecule has 1 saturated heterocycles. The first-order valence-corrected chi connectivity index (χ1v) is 6.85. The van der Waals surface area contributed by atoms with Crippen molar-refractivity contribution in [1.82, 2.24) is 5.32 Å². The van der Waals surface area contributed by atoms with E-state index in [-0.39, 0.29) is 12.0 Å². The van der Waals surface area contributed by atoms with E-state index >= 15 is 0 Å². The van der Waals surface area contributed by atoms with Crippen LogP contribution in [0.1, 0.15) is 26.7 Å². The van der Waals surface area contributed by atoms with Crippen molar-refractivity contribution in [2.75, 3.05) is 6.61 Å². The van der Waals surface area contributed by atoms with Crippen molar-refractivity contribution in [3.63, 3.8) is 0 Å². The molecule has 2 amide bonds. The number of aliphatic carboxylic acids is 1. The maximum absolute atomic E-state index is 12.5. The molecular formula is C13H21N3O5. The fourth-order valence-electron chi connectivity index (χ4n) is 3.52. The summed E-state index contributed by atoms with van der Waals surface area (Å²) in [5.41, 5.74) is 9.47. The number of nitrogens with one attached hydrogen (secondary N) is 1. The third-order valence-corrected chi connectivity index (χ3v) is 4.84. The van der Waals surface area contributed by atoms with Gasteiger partial charge in [0, 0.05) is 17.9 Å². The highest BCUT2D eigenvalue weighted by Gasteiger charge is 2.71. The number of hydrogen-bond donors (Lipinski definition) is 4. The minimum absolute atomic E-state index is 0.104. The Morgan fingerprint density at radius 3 is 2.57 bits per heavy atom. The molecule has 2 fully saturated rings.